The smallest absolute Gasteiger partial charge is 0.0282 e. The minimum Gasteiger partial charge on any atom is -0.399 e. The molecule has 2 aromatic rings. The SMILES string of the molecule is NC1=CCc2c(ccc3c4c(ccc23)=CC=C4)=C1. The highest BCUT2D eigenvalue weighted by Gasteiger charge is 2.09. The van der Waals surface area contributed by atoms with Gasteiger partial charge in [-0.2, -0.15) is 0 Å². The van der Waals surface area contributed by atoms with Gasteiger partial charge in [0.25, 0.3) is 0 Å². The number of benzene rings is 2. The molecule has 0 spiro atoms. The van der Waals surface area contributed by atoms with Crippen molar-refractivity contribution in [1.82, 2.24) is 0 Å². The van der Waals surface area contributed by atoms with Gasteiger partial charge in [-0.15, -0.1) is 0 Å². The van der Waals surface area contributed by atoms with Crippen molar-refractivity contribution >= 4 is 29.0 Å². The highest BCUT2D eigenvalue weighted by atomic mass is 14.6. The van der Waals surface area contributed by atoms with Gasteiger partial charge in [0.15, 0.2) is 0 Å². The first-order valence-corrected chi connectivity index (χ1v) is 6.23. The molecule has 1 nitrogen and oxygen atoms in total. The van der Waals surface area contributed by atoms with E-state index in [1.807, 2.05) is 0 Å². The second-order valence-corrected chi connectivity index (χ2v) is 4.88. The van der Waals surface area contributed by atoms with Gasteiger partial charge in [0.2, 0.25) is 0 Å². The van der Waals surface area contributed by atoms with Crippen LogP contribution < -0.4 is 16.2 Å². The second-order valence-electron chi connectivity index (χ2n) is 4.88. The van der Waals surface area contributed by atoms with Crippen LogP contribution in [0.3, 0.4) is 0 Å². The Hall–Kier alpha value is -2.28. The topological polar surface area (TPSA) is 26.0 Å². The average Bonchev–Trinajstić information content (AvgIpc) is 2.86. The maximum absolute atomic E-state index is 5.87. The number of allylic oxidation sites excluding steroid dienone is 3. The van der Waals surface area contributed by atoms with Gasteiger partial charge in [-0.05, 0) is 44.8 Å². The van der Waals surface area contributed by atoms with E-state index in [9.17, 15) is 0 Å². The minimum absolute atomic E-state index is 0.872. The molecule has 2 N–H and O–H groups in total. The Morgan fingerprint density at radius 3 is 2.72 bits per heavy atom. The minimum atomic E-state index is 0.872. The molecule has 2 aromatic carbocycles. The van der Waals surface area contributed by atoms with Gasteiger partial charge >= 0.3 is 0 Å². The zero-order valence-electron chi connectivity index (χ0n) is 9.98. The molecule has 4 rings (SSSR count). The Labute approximate surface area is 105 Å². The number of fused-ring (bicyclic) bond motifs is 5. The second kappa shape index (κ2) is 3.36. The van der Waals surface area contributed by atoms with E-state index >= 15 is 0 Å². The maximum atomic E-state index is 5.87. The van der Waals surface area contributed by atoms with Crippen LogP contribution in [0, 0.1) is 0 Å². The summed E-state index contributed by atoms with van der Waals surface area (Å²) in [5.74, 6) is 0. The molecular weight excluding hydrogens is 218 g/mol. The zero-order valence-corrected chi connectivity index (χ0v) is 9.98. The predicted octanol–water partition coefficient (Wildman–Crippen LogP) is 1.83. The number of hydrogen-bond donors (Lipinski definition) is 1. The number of hydrogen-bond acceptors (Lipinski definition) is 1. The van der Waals surface area contributed by atoms with Crippen LogP contribution in [0.1, 0.15) is 11.1 Å². The van der Waals surface area contributed by atoms with Crippen LogP contribution in [-0.2, 0) is 6.42 Å². The van der Waals surface area contributed by atoms with Crippen molar-refractivity contribution in [1.29, 1.82) is 0 Å². The summed E-state index contributed by atoms with van der Waals surface area (Å²) in [7, 11) is 0. The van der Waals surface area contributed by atoms with E-state index in [1.54, 1.807) is 0 Å². The summed E-state index contributed by atoms with van der Waals surface area (Å²) in [6.07, 6.45) is 11.6. The first kappa shape index (κ1) is 9.72. The molecule has 18 heavy (non-hydrogen) atoms. The van der Waals surface area contributed by atoms with E-state index in [-0.39, 0.29) is 0 Å². The van der Waals surface area contributed by atoms with Crippen molar-refractivity contribution in [3.05, 3.63) is 63.7 Å². The van der Waals surface area contributed by atoms with Gasteiger partial charge in [0.1, 0.15) is 0 Å². The molecule has 86 valence electrons. The molecule has 0 radical (unpaired) electrons. The Kier molecular flexibility index (Phi) is 1.81. The highest BCUT2D eigenvalue weighted by molar-refractivity contribution is 5.95. The van der Waals surface area contributed by atoms with E-state index in [1.165, 1.54) is 32.3 Å². The number of nitrogens with two attached hydrogens (primary N) is 1. The Bertz CT molecular complexity index is 851. The fourth-order valence-electron chi connectivity index (χ4n) is 2.93. The van der Waals surface area contributed by atoms with Gasteiger partial charge < -0.3 is 5.73 Å². The van der Waals surface area contributed by atoms with Crippen LogP contribution in [0.5, 0.6) is 0 Å². The Morgan fingerprint density at radius 2 is 1.78 bits per heavy atom. The Balaban J connectivity index is 2.17. The van der Waals surface area contributed by atoms with Crippen LogP contribution >= 0.6 is 0 Å². The third-order valence-electron chi connectivity index (χ3n) is 3.83. The van der Waals surface area contributed by atoms with Crippen LogP contribution in [0.2, 0.25) is 0 Å². The molecule has 0 fully saturated rings. The van der Waals surface area contributed by atoms with Gasteiger partial charge in [-0.3, -0.25) is 0 Å². The molecular formula is C17H13N. The van der Waals surface area contributed by atoms with E-state index < -0.39 is 0 Å². The van der Waals surface area contributed by atoms with Crippen molar-refractivity contribution in [2.75, 3.05) is 0 Å². The standard InChI is InChI=1S/C17H13N/c18-13-6-9-15-12(10-13)5-8-16-14-3-1-2-11(14)4-7-17(15)16/h1-8,10H,9,18H2. The zero-order chi connectivity index (χ0) is 12.1. The normalized spacial score (nSPS) is 15.7. The predicted molar refractivity (Wildman–Crippen MR) is 77.1 cm³/mol. The first-order valence-electron chi connectivity index (χ1n) is 6.23. The summed E-state index contributed by atoms with van der Waals surface area (Å²) in [5.41, 5.74) is 9.48. The lowest BCUT2D eigenvalue weighted by Crippen LogP contribution is -2.16. The van der Waals surface area contributed by atoms with Gasteiger partial charge in [-0.25, -0.2) is 0 Å². The van der Waals surface area contributed by atoms with Crippen molar-refractivity contribution in [2.24, 2.45) is 5.73 Å². The molecule has 0 aromatic heterocycles. The van der Waals surface area contributed by atoms with E-state index in [2.05, 4.69) is 54.6 Å². The quantitative estimate of drug-likeness (QED) is 0.735. The van der Waals surface area contributed by atoms with Crippen LogP contribution in [0.15, 0.2) is 42.1 Å². The van der Waals surface area contributed by atoms with E-state index in [0.717, 1.165) is 12.1 Å². The molecule has 0 atom stereocenters. The summed E-state index contributed by atoms with van der Waals surface area (Å²) >= 11 is 0. The summed E-state index contributed by atoms with van der Waals surface area (Å²) in [6, 6.07) is 8.84. The third-order valence-corrected chi connectivity index (χ3v) is 3.83. The molecule has 0 bridgehead atoms. The molecule has 0 unspecified atom stereocenters. The summed E-state index contributed by atoms with van der Waals surface area (Å²) in [4.78, 5) is 0. The third kappa shape index (κ3) is 1.22. The van der Waals surface area contributed by atoms with Crippen molar-refractivity contribution in [3.8, 4) is 0 Å². The Morgan fingerprint density at radius 1 is 0.944 bits per heavy atom. The van der Waals surface area contributed by atoms with Crippen molar-refractivity contribution in [2.45, 2.75) is 6.42 Å². The van der Waals surface area contributed by atoms with Crippen molar-refractivity contribution < 1.29 is 0 Å². The molecule has 0 heterocycles. The van der Waals surface area contributed by atoms with Crippen LogP contribution in [0.25, 0.3) is 29.0 Å². The molecule has 0 aliphatic heterocycles. The van der Waals surface area contributed by atoms with Crippen molar-refractivity contribution in [3.63, 3.8) is 0 Å². The molecule has 2 aliphatic carbocycles. The maximum Gasteiger partial charge on any atom is 0.0282 e. The average molecular weight is 231 g/mol. The molecule has 0 saturated heterocycles. The molecule has 1 heteroatoms. The van der Waals surface area contributed by atoms with E-state index in [4.69, 9.17) is 5.73 Å². The summed E-state index contributed by atoms with van der Waals surface area (Å²) in [6.45, 7) is 0. The van der Waals surface area contributed by atoms with Gasteiger partial charge in [0, 0.05) is 5.70 Å². The lowest BCUT2D eigenvalue weighted by Gasteiger charge is -2.12. The lowest BCUT2D eigenvalue weighted by molar-refractivity contribution is 1.20. The van der Waals surface area contributed by atoms with E-state index in [0.29, 0.717) is 0 Å². The highest BCUT2D eigenvalue weighted by Crippen LogP contribution is 2.22. The fraction of sp³-hybridized carbons (Fsp3) is 0.0588. The fourth-order valence-corrected chi connectivity index (χ4v) is 2.93. The first-order chi connectivity index (χ1) is 8.83. The van der Waals surface area contributed by atoms with Gasteiger partial charge in [-0.1, -0.05) is 48.6 Å². The largest absolute Gasteiger partial charge is 0.399 e. The van der Waals surface area contributed by atoms with Crippen LogP contribution in [-0.4, -0.2) is 0 Å². The van der Waals surface area contributed by atoms with Crippen LogP contribution in [0.4, 0.5) is 0 Å². The lowest BCUT2D eigenvalue weighted by atomic mass is 9.93. The summed E-state index contributed by atoms with van der Waals surface area (Å²) in [5, 5.41) is 5.27. The monoisotopic (exact) mass is 231 g/mol. The van der Waals surface area contributed by atoms with Gasteiger partial charge in [0.05, 0.1) is 0 Å². The molecule has 0 amide bonds. The summed E-state index contributed by atoms with van der Waals surface area (Å²) < 4.78 is 0. The molecule has 2 aliphatic rings. The number of rotatable bonds is 0. The molecule has 0 saturated carbocycles.